The Morgan fingerprint density at radius 2 is 2.29 bits per heavy atom. The molecule has 1 aliphatic heterocycles. The van der Waals surface area contributed by atoms with Crippen molar-refractivity contribution in [3.05, 3.63) is 28.8 Å². The van der Waals surface area contributed by atoms with Gasteiger partial charge in [0.1, 0.15) is 0 Å². The second kappa shape index (κ2) is 7.43. The topological polar surface area (TPSA) is 58.6 Å². The van der Waals surface area contributed by atoms with Gasteiger partial charge in [0.05, 0.1) is 11.3 Å². The molecule has 1 heterocycles. The zero-order valence-corrected chi connectivity index (χ0v) is 12.8. The number of carbonyl (C=O) groups excluding carboxylic acids is 2. The fourth-order valence-electron chi connectivity index (χ4n) is 2.34. The second-order valence-corrected chi connectivity index (χ2v) is 5.35. The van der Waals surface area contributed by atoms with Crippen LogP contribution in [0.3, 0.4) is 0 Å². The van der Waals surface area contributed by atoms with Gasteiger partial charge in [0, 0.05) is 38.2 Å². The van der Waals surface area contributed by atoms with Crippen molar-refractivity contribution in [1.29, 1.82) is 0 Å². The van der Waals surface area contributed by atoms with Crippen LogP contribution in [-0.4, -0.2) is 38.6 Å². The fourth-order valence-corrected chi connectivity index (χ4v) is 2.50. The highest BCUT2D eigenvalue weighted by Crippen LogP contribution is 2.28. The summed E-state index contributed by atoms with van der Waals surface area (Å²) in [7, 11) is 1.62. The van der Waals surface area contributed by atoms with Gasteiger partial charge < -0.3 is 15.0 Å². The van der Waals surface area contributed by atoms with E-state index >= 15 is 0 Å². The number of halogens is 1. The number of benzene rings is 1. The van der Waals surface area contributed by atoms with Crippen molar-refractivity contribution in [2.45, 2.75) is 19.3 Å². The number of nitrogens with one attached hydrogen (secondary N) is 1. The summed E-state index contributed by atoms with van der Waals surface area (Å²) in [6, 6.07) is 5.00. The first kappa shape index (κ1) is 15.8. The number of nitrogens with zero attached hydrogens (tertiary/aromatic N) is 1. The molecule has 0 atom stereocenters. The fraction of sp³-hybridized carbons (Fsp3) is 0.467. The Morgan fingerprint density at radius 3 is 2.95 bits per heavy atom. The zero-order chi connectivity index (χ0) is 15.2. The molecule has 0 bridgehead atoms. The lowest BCUT2D eigenvalue weighted by molar-refractivity contribution is -0.117. The van der Waals surface area contributed by atoms with Gasteiger partial charge >= 0.3 is 0 Å². The molecular weight excluding hydrogens is 292 g/mol. The average Bonchev–Trinajstić information content (AvgIpc) is 2.89. The average molecular weight is 311 g/mol. The minimum absolute atomic E-state index is 0.0331. The highest BCUT2D eigenvalue weighted by molar-refractivity contribution is 6.31. The van der Waals surface area contributed by atoms with E-state index in [-0.39, 0.29) is 11.8 Å². The van der Waals surface area contributed by atoms with Gasteiger partial charge in [-0.3, -0.25) is 9.59 Å². The monoisotopic (exact) mass is 310 g/mol. The summed E-state index contributed by atoms with van der Waals surface area (Å²) in [5.74, 6) is -0.164. The second-order valence-electron chi connectivity index (χ2n) is 4.91. The van der Waals surface area contributed by atoms with Gasteiger partial charge in [-0.25, -0.2) is 0 Å². The summed E-state index contributed by atoms with van der Waals surface area (Å²) < 4.78 is 4.94. The molecule has 6 heteroatoms. The normalized spacial score (nSPS) is 14.6. The number of methoxy groups -OCH3 is 1. The zero-order valence-electron chi connectivity index (χ0n) is 12.0. The molecule has 5 nitrogen and oxygen atoms in total. The Morgan fingerprint density at radius 1 is 1.48 bits per heavy atom. The summed E-state index contributed by atoms with van der Waals surface area (Å²) in [5, 5.41) is 3.35. The molecule has 0 spiro atoms. The quantitative estimate of drug-likeness (QED) is 0.820. The number of anilines is 1. The maximum Gasteiger partial charge on any atom is 0.253 e. The molecule has 0 radical (unpaired) electrons. The van der Waals surface area contributed by atoms with E-state index in [1.165, 1.54) is 0 Å². The van der Waals surface area contributed by atoms with E-state index < -0.39 is 0 Å². The van der Waals surface area contributed by atoms with Crippen molar-refractivity contribution < 1.29 is 14.3 Å². The molecule has 1 aromatic carbocycles. The van der Waals surface area contributed by atoms with Crippen LogP contribution in [0, 0.1) is 0 Å². The smallest absolute Gasteiger partial charge is 0.253 e. The molecular formula is C15H19ClN2O3. The SMILES string of the molecule is COCCCNC(=O)c1ccc(Cl)cc1N1CCCC1=O. The first-order valence-electron chi connectivity index (χ1n) is 7.00. The molecule has 0 aromatic heterocycles. The maximum atomic E-state index is 12.3. The minimum Gasteiger partial charge on any atom is -0.385 e. The molecule has 0 saturated carbocycles. The Bertz CT molecular complexity index is 534. The minimum atomic E-state index is -0.197. The summed E-state index contributed by atoms with van der Waals surface area (Å²) in [5.41, 5.74) is 1.07. The predicted molar refractivity (Wildman–Crippen MR) is 81.9 cm³/mol. The summed E-state index contributed by atoms with van der Waals surface area (Å²) in [4.78, 5) is 25.8. The van der Waals surface area contributed by atoms with Crippen molar-refractivity contribution in [2.75, 3.05) is 31.7 Å². The molecule has 1 fully saturated rings. The Labute approximate surface area is 129 Å². The number of ether oxygens (including phenoxy) is 1. The molecule has 1 aromatic rings. The van der Waals surface area contributed by atoms with Gasteiger partial charge in [-0.15, -0.1) is 0 Å². The number of hydrogen-bond donors (Lipinski definition) is 1. The van der Waals surface area contributed by atoms with Crippen LogP contribution in [0.25, 0.3) is 0 Å². The van der Waals surface area contributed by atoms with Crippen molar-refractivity contribution >= 4 is 29.1 Å². The molecule has 2 rings (SSSR count). The predicted octanol–water partition coefficient (Wildman–Crippen LogP) is 2.23. The van der Waals surface area contributed by atoms with E-state index in [4.69, 9.17) is 16.3 Å². The Hall–Kier alpha value is -1.59. The lowest BCUT2D eigenvalue weighted by atomic mass is 10.1. The van der Waals surface area contributed by atoms with Crippen LogP contribution in [0.15, 0.2) is 18.2 Å². The van der Waals surface area contributed by atoms with Gasteiger partial charge in [-0.1, -0.05) is 11.6 Å². The summed E-state index contributed by atoms with van der Waals surface area (Å²) in [6.07, 6.45) is 2.06. The van der Waals surface area contributed by atoms with Crippen molar-refractivity contribution in [3.8, 4) is 0 Å². The van der Waals surface area contributed by atoms with Crippen LogP contribution < -0.4 is 10.2 Å². The summed E-state index contributed by atoms with van der Waals surface area (Å²) >= 11 is 6.01. The molecule has 21 heavy (non-hydrogen) atoms. The first-order chi connectivity index (χ1) is 10.1. The largest absolute Gasteiger partial charge is 0.385 e. The van der Waals surface area contributed by atoms with Gasteiger partial charge in [0.25, 0.3) is 5.91 Å². The maximum absolute atomic E-state index is 12.3. The number of amides is 2. The third-order valence-corrected chi connectivity index (χ3v) is 3.61. The molecule has 114 valence electrons. The molecule has 1 saturated heterocycles. The standard InChI is InChI=1S/C15H19ClN2O3/c1-21-9-3-7-17-15(20)12-6-5-11(16)10-13(12)18-8-2-4-14(18)19/h5-6,10H,2-4,7-9H2,1H3,(H,17,20). The van der Waals surface area contributed by atoms with Crippen LogP contribution in [-0.2, 0) is 9.53 Å². The van der Waals surface area contributed by atoms with E-state index in [1.807, 2.05) is 0 Å². The lowest BCUT2D eigenvalue weighted by Crippen LogP contribution is -2.30. The van der Waals surface area contributed by atoms with Gasteiger partial charge in [-0.05, 0) is 31.0 Å². The highest BCUT2D eigenvalue weighted by atomic mass is 35.5. The van der Waals surface area contributed by atoms with Crippen LogP contribution >= 0.6 is 11.6 Å². The number of carbonyl (C=O) groups is 2. The molecule has 0 aliphatic carbocycles. The molecule has 1 aliphatic rings. The van der Waals surface area contributed by atoms with E-state index in [1.54, 1.807) is 30.2 Å². The van der Waals surface area contributed by atoms with Crippen LogP contribution in [0.4, 0.5) is 5.69 Å². The molecule has 0 unspecified atom stereocenters. The molecule has 1 N–H and O–H groups in total. The van der Waals surface area contributed by atoms with Crippen molar-refractivity contribution in [3.63, 3.8) is 0 Å². The third kappa shape index (κ3) is 3.95. The van der Waals surface area contributed by atoms with E-state index in [9.17, 15) is 9.59 Å². The van der Waals surface area contributed by atoms with Gasteiger partial charge in [0.2, 0.25) is 5.91 Å². The lowest BCUT2D eigenvalue weighted by Gasteiger charge is -2.19. The summed E-state index contributed by atoms with van der Waals surface area (Å²) in [6.45, 7) is 1.75. The van der Waals surface area contributed by atoms with Crippen LogP contribution in [0.2, 0.25) is 5.02 Å². The third-order valence-electron chi connectivity index (χ3n) is 3.38. The van der Waals surface area contributed by atoms with Gasteiger partial charge in [0.15, 0.2) is 0 Å². The Kier molecular flexibility index (Phi) is 5.59. The van der Waals surface area contributed by atoms with E-state index in [0.717, 1.165) is 12.8 Å². The first-order valence-corrected chi connectivity index (χ1v) is 7.38. The van der Waals surface area contributed by atoms with E-state index in [2.05, 4.69) is 5.32 Å². The Balaban J connectivity index is 2.14. The highest BCUT2D eigenvalue weighted by Gasteiger charge is 2.26. The van der Waals surface area contributed by atoms with Gasteiger partial charge in [-0.2, -0.15) is 0 Å². The number of hydrogen-bond acceptors (Lipinski definition) is 3. The van der Waals surface area contributed by atoms with Crippen molar-refractivity contribution in [2.24, 2.45) is 0 Å². The van der Waals surface area contributed by atoms with Crippen LogP contribution in [0.5, 0.6) is 0 Å². The number of rotatable bonds is 6. The molecule has 2 amide bonds. The van der Waals surface area contributed by atoms with E-state index in [0.29, 0.717) is 42.4 Å². The van der Waals surface area contributed by atoms with Crippen molar-refractivity contribution in [1.82, 2.24) is 5.32 Å². The van der Waals surface area contributed by atoms with Crippen LogP contribution in [0.1, 0.15) is 29.6 Å².